The summed E-state index contributed by atoms with van der Waals surface area (Å²) in [5.74, 6) is 0. The van der Waals surface area contributed by atoms with Gasteiger partial charge in [-0.15, -0.1) is 0 Å². The number of non-ortho nitro benzene ring substituents is 1. The first-order valence-electron chi connectivity index (χ1n) is 8.75. The summed E-state index contributed by atoms with van der Waals surface area (Å²) in [6.07, 6.45) is 3.94. The number of piperazine rings is 1. The Balaban J connectivity index is 1.68. The van der Waals surface area contributed by atoms with Crippen LogP contribution in [0.15, 0.2) is 48.5 Å². The van der Waals surface area contributed by atoms with E-state index in [2.05, 4.69) is 34.5 Å². The van der Waals surface area contributed by atoms with Gasteiger partial charge in [0.15, 0.2) is 0 Å². The zero-order valence-electron chi connectivity index (χ0n) is 14.5. The smallest absolute Gasteiger partial charge is 0.269 e. The highest BCUT2D eigenvalue weighted by Gasteiger charge is 2.22. The van der Waals surface area contributed by atoms with Crippen LogP contribution in [0.25, 0.3) is 12.2 Å². The number of benzene rings is 2. The maximum atomic E-state index is 10.7. The fraction of sp³-hybridized carbons (Fsp3) is 0.300. The minimum Gasteiger partial charge on any atom is -0.395 e. The minimum absolute atomic E-state index is 0.0972. The molecule has 0 spiro atoms. The van der Waals surface area contributed by atoms with Crippen molar-refractivity contribution in [1.82, 2.24) is 10.2 Å². The molecule has 2 N–H and O–H groups in total. The summed E-state index contributed by atoms with van der Waals surface area (Å²) < 4.78 is 0. The molecule has 1 aliphatic rings. The highest BCUT2D eigenvalue weighted by atomic mass is 16.6. The molecule has 0 bridgehead atoms. The maximum Gasteiger partial charge on any atom is 0.269 e. The van der Waals surface area contributed by atoms with Crippen LogP contribution in [0.3, 0.4) is 0 Å². The van der Waals surface area contributed by atoms with Crippen molar-refractivity contribution in [2.75, 3.05) is 32.8 Å². The van der Waals surface area contributed by atoms with Gasteiger partial charge in [-0.25, -0.2) is 0 Å². The van der Waals surface area contributed by atoms with Gasteiger partial charge in [-0.05, 0) is 28.8 Å². The Morgan fingerprint density at radius 1 is 1.12 bits per heavy atom. The van der Waals surface area contributed by atoms with Crippen molar-refractivity contribution in [1.29, 1.82) is 0 Å². The SMILES string of the molecule is O=[N+]([O-])c1ccc(C=Cc2ccc(C3CNCCN3CCO)cc2)cc1. The van der Waals surface area contributed by atoms with Gasteiger partial charge in [0.1, 0.15) is 0 Å². The first-order valence-corrected chi connectivity index (χ1v) is 8.75. The van der Waals surface area contributed by atoms with E-state index in [1.165, 1.54) is 17.7 Å². The van der Waals surface area contributed by atoms with Crippen LogP contribution in [0.1, 0.15) is 22.7 Å². The third-order valence-corrected chi connectivity index (χ3v) is 4.63. The number of hydrogen-bond acceptors (Lipinski definition) is 5. The maximum absolute atomic E-state index is 10.7. The molecule has 1 atom stereocenters. The zero-order chi connectivity index (χ0) is 18.4. The van der Waals surface area contributed by atoms with Crippen LogP contribution in [-0.4, -0.2) is 47.7 Å². The van der Waals surface area contributed by atoms with Crippen molar-refractivity contribution in [3.63, 3.8) is 0 Å². The summed E-state index contributed by atoms with van der Waals surface area (Å²) in [7, 11) is 0. The van der Waals surface area contributed by atoms with Gasteiger partial charge < -0.3 is 10.4 Å². The van der Waals surface area contributed by atoms with Crippen LogP contribution >= 0.6 is 0 Å². The lowest BCUT2D eigenvalue weighted by atomic mass is 10.0. The number of aliphatic hydroxyl groups excluding tert-OH is 1. The molecule has 136 valence electrons. The Morgan fingerprint density at radius 2 is 1.73 bits per heavy atom. The summed E-state index contributed by atoms with van der Waals surface area (Å²) in [5.41, 5.74) is 3.33. The van der Waals surface area contributed by atoms with Gasteiger partial charge in [0, 0.05) is 44.4 Å². The number of hydrogen-bond donors (Lipinski definition) is 2. The first kappa shape index (κ1) is 18.3. The molecule has 1 fully saturated rings. The fourth-order valence-electron chi connectivity index (χ4n) is 3.20. The topological polar surface area (TPSA) is 78.6 Å². The quantitative estimate of drug-likeness (QED) is 0.474. The van der Waals surface area contributed by atoms with Crippen molar-refractivity contribution >= 4 is 17.8 Å². The Kier molecular flexibility index (Phi) is 6.12. The Labute approximate surface area is 152 Å². The Morgan fingerprint density at radius 3 is 2.31 bits per heavy atom. The number of nitrogens with one attached hydrogen (secondary N) is 1. The van der Waals surface area contributed by atoms with Gasteiger partial charge >= 0.3 is 0 Å². The molecule has 0 aliphatic carbocycles. The molecule has 2 aromatic carbocycles. The summed E-state index contributed by atoms with van der Waals surface area (Å²) in [6, 6.07) is 15.2. The van der Waals surface area contributed by atoms with E-state index in [9.17, 15) is 15.2 Å². The molecule has 1 heterocycles. The van der Waals surface area contributed by atoms with Crippen LogP contribution in [0.4, 0.5) is 5.69 Å². The van der Waals surface area contributed by atoms with Crippen LogP contribution in [0, 0.1) is 10.1 Å². The lowest BCUT2D eigenvalue weighted by Gasteiger charge is -2.36. The molecule has 1 unspecified atom stereocenters. The molecule has 0 radical (unpaired) electrons. The van der Waals surface area contributed by atoms with Gasteiger partial charge in [-0.2, -0.15) is 0 Å². The second-order valence-electron chi connectivity index (χ2n) is 6.33. The van der Waals surface area contributed by atoms with E-state index < -0.39 is 4.92 Å². The van der Waals surface area contributed by atoms with E-state index in [4.69, 9.17) is 0 Å². The molecular formula is C20H23N3O3. The largest absolute Gasteiger partial charge is 0.395 e. The van der Waals surface area contributed by atoms with Crippen molar-refractivity contribution in [3.8, 4) is 0 Å². The van der Waals surface area contributed by atoms with Crippen molar-refractivity contribution in [2.24, 2.45) is 0 Å². The van der Waals surface area contributed by atoms with Crippen molar-refractivity contribution in [3.05, 3.63) is 75.3 Å². The van der Waals surface area contributed by atoms with Crippen molar-refractivity contribution < 1.29 is 10.0 Å². The monoisotopic (exact) mass is 353 g/mol. The summed E-state index contributed by atoms with van der Waals surface area (Å²) in [4.78, 5) is 12.6. The van der Waals surface area contributed by atoms with E-state index in [1.54, 1.807) is 12.1 Å². The number of nitrogens with zero attached hydrogens (tertiary/aromatic N) is 2. The summed E-state index contributed by atoms with van der Waals surface area (Å²) in [5, 5.41) is 23.3. The molecule has 1 saturated heterocycles. The zero-order valence-corrected chi connectivity index (χ0v) is 14.5. The number of nitro benzene ring substituents is 1. The van der Waals surface area contributed by atoms with E-state index in [1.807, 2.05) is 12.2 Å². The number of aliphatic hydroxyl groups is 1. The normalized spacial score (nSPS) is 18.3. The molecule has 26 heavy (non-hydrogen) atoms. The molecule has 6 nitrogen and oxygen atoms in total. The molecule has 0 saturated carbocycles. The van der Waals surface area contributed by atoms with E-state index in [-0.39, 0.29) is 18.3 Å². The van der Waals surface area contributed by atoms with Crippen molar-refractivity contribution in [2.45, 2.75) is 6.04 Å². The molecule has 0 aromatic heterocycles. The predicted octanol–water partition coefficient (Wildman–Crippen LogP) is 2.70. The molecule has 1 aliphatic heterocycles. The molecule has 2 aromatic rings. The van der Waals surface area contributed by atoms with Gasteiger partial charge in [0.05, 0.1) is 11.5 Å². The Hall–Kier alpha value is -2.54. The summed E-state index contributed by atoms with van der Waals surface area (Å²) in [6.45, 7) is 3.64. The van der Waals surface area contributed by atoms with Crippen LogP contribution in [0.2, 0.25) is 0 Å². The van der Waals surface area contributed by atoms with Crippen LogP contribution < -0.4 is 5.32 Å². The predicted molar refractivity (Wildman–Crippen MR) is 103 cm³/mol. The van der Waals surface area contributed by atoms with Crippen LogP contribution in [-0.2, 0) is 0 Å². The van der Waals surface area contributed by atoms with Gasteiger partial charge in [-0.1, -0.05) is 36.4 Å². The number of rotatable bonds is 6. The highest BCUT2D eigenvalue weighted by Crippen LogP contribution is 2.23. The number of β-amino-alcohol motifs (C(OH)–C–C–N with tert-alkyl or cyclic N) is 1. The van der Waals surface area contributed by atoms with Crippen LogP contribution in [0.5, 0.6) is 0 Å². The summed E-state index contributed by atoms with van der Waals surface area (Å²) >= 11 is 0. The molecule has 3 rings (SSSR count). The Bertz CT molecular complexity index is 755. The average Bonchev–Trinajstić information content (AvgIpc) is 2.68. The first-order chi connectivity index (χ1) is 12.7. The van der Waals surface area contributed by atoms with E-state index in [0.29, 0.717) is 6.54 Å². The molecular weight excluding hydrogens is 330 g/mol. The third kappa shape index (κ3) is 4.54. The van der Waals surface area contributed by atoms with E-state index in [0.717, 1.165) is 30.8 Å². The minimum atomic E-state index is -0.396. The highest BCUT2D eigenvalue weighted by molar-refractivity contribution is 5.70. The van der Waals surface area contributed by atoms with E-state index >= 15 is 0 Å². The average molecular weight is 353 g/mol. The second-order valence-corrected chi connectivity index (χ2v) is 6.33. The van der Waals surface area contributed by atoms with Gasteiger partial charge in [0.2, 0.25) is 0 Å². The fourth-order valence-corrected chi connectivity index (χ4v) is 3.20. The standard InChI is InChI=1S/C20H23N3O3/c24-14-13-22-12-11-21-15-20(22)18-7-3-16(4-8-18)1-2-17-5-9-19(10-6-17)23(25)26/h1-10,20-21,24H,11-15H2. The molecule has 0 amide bonds. The van der Waals surface area contributed by atoms with Gasteiger partial charge in [0.25, 0.3) is 5.69 Å². The van der Waals surface area contributed by atoms with Gasteiger partial charge in [-0.3, -0.25) is 15.0 Å². The molecule has 6 heteroatoms. The number of nitro groups is 1. The third-order valence-electron chi connectivity index (χ3n) is 4.63. The lowest BCUT2D eigenvalue weighted by Crippen LogP contribution is -2.46. The second kappa shape index (κ2) is 8.71. The lowest BCUT2D eigenvalue weighted by molar-refractivity contribution is -0.384.